The van der Waals surface area contributed by atoms with E-state index in [1.807, 2.05) is 0 Å². The van der Waals surface area contributed by atoms with Crippen LogP contribution in [0.5, 0.6) is 0 Å². The topological polar surface area (TPSA) is 128 Å². The standard InChI is InChI=1S/C14H23N3O4S.ClH/c1-9-13(22(16,19)20)7-12(21-9)14(18)17-11(8-15)10-5-3-2-4-6-10;/h7,10-11H,2-6,8,15H2,1H3,(H,17,18)(H2,16,19,20);1H. The maximum atomic E-state index is 12.3. The molecule has 1 aromatic heterocycles. The van der Waals surface area contributed by atoms with Crippen LogP contribution in [0.25, 0.3) is 0 Å². The number of furan rings is 1. The number of hydrogen-bond donors (Lipinski definition) is 3. The predicted octanol–water partition coefficient (Wildman–Crippen LogP) is 1.29. The van der Waals surface area contributed by atoms with Crippen LogP contribution in [0.15, 0.2) is 15.4 Å². The second-order valence-electron chi connectivity index (χ2n) is 5.79. The fraction of sp³-hybridized carbons (Fsp3) is 0.643. The van der Waals surface area contributed by atoms with Crippen LogP contribution in [0.2, 0.25) is 0 Å². The van der Waals surface area contributed by atoms with Crippen LogP contribution in [0, 0.1) is 12.8 Å². The van der Waals surface area contributed by atoms with Crippen molar-refractivity contribution in [2.24, 2.45) is 16.8 Å². The van der Waals surface area contributed by atoms with Gasteiger partial charge in [0.1, 0.15) is 10.7 Å². The Balaban J connectivity index is 0.00000264. The molecule has 1 saturated carbocycles. The maximum absolute atomic E-state index is 12.3. The third-order valence-electron chi connectivity index (χ3n) is 4.19. The number of halogens is 1. The highest BCUT2D eigenvalue weighted by molar-refractivity contribution is 7.89. The van der Waals surface area contributed by atoms with Crippen molar-refractivity contribution in [3.63, 3.8) is 0 Å². The van der Waals surface area contributed by atoms with Crippen LogP contribution < -0.4 is 16.2 Å². The lowest BCUT2D eigenvalue weighted by Gasteiger charge is -2.29. The smallest absolute Gasteiger partial charge is 0.287 e. The number of aryl methyl sites for hydroxylation is 1. The summed E-state index contributed by atoms with van der Waals surface area (Å²) < 4.78 is 28.0. The lowest BCUT2D eigenvalue weighted by Crippen LogP contribution is -2.45. The molecule has 0 aromatic carbocycles. The largest absolute Gasteiger partial charge is 0.455 e. The summed E-state index contributed by atoms with van der Waals surface area (Å²) in [5.41, 5.74) is 5.77. The van der Waals surface area contributed by atoms with Gasteiger partial charge in [0.05, 0.1) is 0 Å². The third kappa shape index (κ3) is 4.94. The summed E-state index contributed by atoms with van der Waals surface area (Å²) in [6, 6.07) is 1.03. The lowest BCUT2D eigenvalue weighted by molar-refractivity contribution is 0.0886. The number of nitrogens with two attached hydrogens (primary N) is 2. The monoisotopic (exact) mass is 365 g/mol. The fourth-order valence-corrected chi connectivity index (χ4v) is 3.72. The van der Waals surface area contributed by atoms with Crippen LogP contribution in [0.1, 0.15) is 48.4 Å². The molecule has 5 N–H and O–H groups in total. The van der Waals surface area contributed by atoms with Crippen molar-refractivity contribution in [2.75, 3.05) is 6.54 Å². The van der Waals surface area contributed by atoms with E-state index in [1.54, 1.807) is 0 Å². The Bertz CT molecular complexity index is 638. The first-order valence-electron chi connectivity index (χ1n) is 7.47. The summed E-state index contributed by atoms with van der Waals surface area (Å²) in [5, 5.41) is 7.93. The van der Waals surface area contributed by atoms with Gasteiger partial charge in [-0.05, 0) is 25.7 Å². The predicted molar refractivity (Wildman–Crippen MR) is 88.9 cm³/mol. The number of primary sulfonamides is 1. The van der Waals surface area contributed by atoms with Gasteiger partial charge >= 0.3 is 0 Å². The molecule has 0 spiro atoms. The zero-order chi connectivity index (χ0) is 16.3. The van der Waals surface area contributed by atoms with E-state index in [9.17, 15) is 13.2 Å². The van der Waals surface area contributed by atoms with E-state index in [1.165, 1.54) is 13.3 Å². The third-order valence-corrected chi connectivity index (χ3v) is 5.21. The lowest BCUT2D eigenvalue weighted by atomic mass is 9.84. The molecule has 1 aliphatic rings. The first-order valence-corrected chi connectivity index (χ1v) is 9.01. The Morgan fingerprint density at radius 3 is 2.48 bits per heavy atom. The number of amides is 1. The quantitative estimate of drug-likeness (QED) is 0.724. The van der Waals surface area contributed by atoms with Crippen LogP contribution >= 0.6 is 12.4 Å². The van der Waals surface area contributed by atoms with E-state index >= 15 is 0 Å². The molecule has 132 valence electrons. The first-order chi connectivity index (χ1) is 10.3. The number of rotatable bonds is 5. The molecule has 0 bridgehead atoms. The molecule has 2 rings (SSSR count). The first kappa shape index (κ1) is 20.0. The van der Waals surface area contributed by atoms with Crippen molar-refractivity contribution >= 4 is 28.3 Å². The SMILES string of the molecule is Cc1oc(C(=O)NC(CN)C2CCCCC2)cc1S(N)(=O)=O.Cl. The second-order valence-corrected chi connectivity index (χ2v) is 7.32. The minimum Gasteiger partial charge on any atom is -0.455 e. The number of carbonyl (C=O) groups excluding carboxylic acids is 1. The molecule has 1 unspecified atom stereocenters. The van der Waals surface area contributed by atoms with Crippen molar-refractivity contribution in [3.8, 4) is 0 Å². The molecule has 0 aliphatic heterocycles. The summed E-state index contributed by atoms with van der Waals surface area (Å²) in [7, 11) is -3.90. The highest BCUT2D eigenvalue weighted by Crippen LogP contribution is 2.26. The van der Waals surface area contributed by atoms with Crippen molar-refractivity contribution in [1.29, 1.82) is 0 Å². The van der Waals surface area contributed by atoms with Gasteiger partial charge in [0.25, 0.3) is 5.91 Å². The number of nitrogens with one attached hydrogen (secondary N) is 1. The van der Waals surface area contributed by atoms with Gasteiger partial charge < -0.3 is 15.5 Å². The number of carbonyl (C=O) groups is 1. The maximum Gasteiger partial charge on any atom is 0.287 e. The van der Waals surface area contributed by atoms with Gasteiger partial charge in [-0.25, -0.2) is 13.6 Å². The van der Waals surface area contributed by atoms with Gasteiger partial charge in [-0.1, -0.05) is 19.3 Å². The molecule has 1 aliphatic carbocycles. The zero-order valence-corrected chi connectivity index (χ0v) is 14.7. The summed E-state index contributed by atoms with van der Waals surface area (Å²) in [6.45, 7) is 1.80. The highest BCUT2D eigenvalue weighted by Gasteiger charge is 2.27. The molecule has 23 heavy (non-hydrogen) atoms. The van der Waals surface area contributed by atoms with Crippen molar-refractivity contribution < 1.29 is 17.6 Å². The molecular formula is C14H24ClN3O4S. The van der Waals surface area contributed by atoms with Gasteiger partial charge in [0.2, 0.25) is 10.0 Å². The van der Waals surface area contributed by atoms with Gasteiger partial charge in [-0.15, -0.1) is 12.4 Å². The van der Waals surface area contributed by atoms with E-state index in [4.69, 9.17) is 15.3 Å². The second kappa shape index (κ2) is 8.14. The Labute approximate surface area is 142 Å². The molecule has 1 amide bonds. The van der Waals surface area contributed by atoms with Crippen LogP contribution in [0.4, 0.5) is 0 Å². The molecule has 1 aromatic rings. The minimum absolute atomic E-state index is 0. The van der Waals surface area contributed by atoms with Crippen molar-refractivity contribution in [2.45, 2.75) is 50.0 Å². The van der Waals surface area contributed by atoms with Crippen molar-refractivity contribution in [3.05, 3.63) is 17.6 Å². The Kier molecular flexibility index (Phi) is 7.06. The van der Waals surface area contributed by atoms with E-state index in [2.05, 4.69) is 5.32 Å². The average molecular weight is 366 g/mol. The molecule has 1 heterocycles. The van der Waals surface area contributed by atoms with E-state index < -0.39 is 15.9 Å². The molecule has 9 heteroatoms. The number of hydrogen-bond acceptors (Lipinski definition) is 5. The molecule has 7 nitrogen and oxygen atoms in total. The normalized spacial score (nSPS) is 17.3. The summed E-state index contributed by atoms with van der Waals surface area (Å²) in [4.78, 5) is 12.1. The van der Waals surface area contributed by atoms with Crippen LogP contribution in [0.3, 0.4) is 0 Å². The molecule has 1 atom stereocenters. The van der Waals surface area contributed by atoms with Gasteiger partial charge in [0.15, 0.2) is 5.76 Å². The number of sulfonamides is 1. The average Bonchev–Trinajstić information content (AvgIpc) is 2.87. The Morgan fingerprint density at radius 2 is 2.00 bits per heavy atom. The van der Waals surface area contributed by atoms with Gasteiger partial charge in [0, 0.05) is 18.7 Å². The molecule has 1 fully saturated rings. The van der Waals surface area contributed by atoms with E-state index in [0.29, 0.717) is 12.5 Å². The van der Waals surface area contributed by atoms with E-state index in [0.717, 1.165) is 31.7 Å². The Morgan fingerprint density at radius 1 is 1.39 bits per heavy atom. The molecular weight excluding hydrogens is 342 g/mol. The molecule has 0 saturated heterocycles. The van der Waals surface area contributed by atoms with Gasteiger partial charge in [-0.3, -0.25) is 4.79 Å². The van der Waals surface area contributed by atoms with Crippen LogP contribution in [-0.4, -0.2) is 26.9 Å². The van der Waals surface area contributed by atoms with Crippen molar-refractivity contribution in [1.82, 2.24) is 5.32 Å². The summed E-state index contributed by atoms with van der Waals surface area (Å²) in [6.07, 6.45) is 5.60. The summed E-state index contributed by atoms with van der Waals surface area (Å²) >= 11 is 0. The van der Waals surface area contributed by atoms with Gasteiger partial charge in [-0.2, -0.15) is 0 Å². The zero-order valence-electron chi connectivity index (χ0n) is 13.1. The minimum atomic E-state index is -3.90. The Hall–Kier alpha value is -1.09. The summed E-state index contributed by atoms with van der Waals surface area (Å²) in [5.74, 6) is -0.0547. The highest BCUT2D eigenvalue weighted by atomic mass is 35.5. The fourth-order valence-electron chi connectivity index (χ4n) is 3.01. The van der Waals surface area contributed by atoms with Crippen LogP contribution in [-0.2, 0) is 10.0 Å². The molecule has 0 radical (unpaired) electrons. The van der Waals surface area contributed by atoms with E-state index in [-0.39, 0.29) is 34.9 Å².